The van der Waals surface area contributed by atoms with Crippen molar-refractivity contribution in [2.24, 2.45) is 5.92 Å². The lowest BCUT2D eigenvalue weighted by molar-refractivity contribution is -0.161. The Kier molecular flexibility index (Phi) is 81.1. The summed E-state index contributed by atoms with van der Waals surface area (Å²) in [4.78, 5) is 73.2. The van der Waals surface area contributed by atoms with Crippen molar-refractivity contribution in [3.63, 3.8) is 0 Å². The van der Waals surface area contributed by atoms with Crippen LogP contribution < -0.4 is 0 Å². The van der Waals surface area contributed by atoms with Crippen molar-refractivity contribution in [2.45, 2.75) is 509 Å². The third-order valence-corrected chi connectivity index (χ3v) is 23.2. The summed E-state index contributed by atoms with van der Waals surface area (Å²) in [5, 5.41) is 10.7. The molecule has 0 spiro atoms. The highest BCUT2D eigenvalue weighted by molar-refractivity contribution is 7.47. The maximum absolute atomic E-state index is 13.2. The van der Waals surface area contributed by atoms with E-state index in [2.05, 4.69) is 34.6 Å². The summed E-state index contributed by atoms with van der Waals surface area (Å²) in [6.07, 6.45) is 78.2. The summed E-state index contributed by atoms with van der Waals surface area (Å²) in [6.45, 7) is 7.37. The Bertz CT molecular complexity index is 2070. The van der Waals surface area contributed by atoms with E-state index >= 15 is 0 Å². The molecule has 109 heavy (non-hydrogen) atoms. The number of hydrogen-bond acceptors (Lipinski definition) is 15. The molecule has 19 heteroatoms. The lowest BCUT2D eigenvalue weighted by Gasteiger charge is -2.21. The number of carbonyl (C=O) groups is 4. The molecule has 0 aliphatic rings. The second kappa shape index (κ2) is 82.6. The van der Waals surface area contributed by atoms with E-state index in [1.807, 2.05) is 0 Å². The number of phosphoric acid groups is 2. The zero-order chi connectivity index (χ0) is 79.7. The van der Waals surface area contributed by atoms with Gasteiger partial charge in [-0.2, -0.15) is 0 Å². The van der Waals surface area contributed by atoms with Crippen molar-refractivity contribution < 1.29 is 80.2 Å². The number of aliphatic hydroxyl groups excluding tert-OH is 1. The number of rotatable bonds is 90. The SMILES string of the molecule is CCCCCCCCCCCCCCCCCCCCCCCCC(=O)O[C@H](COC(=O)CCCCCCCCCCCCCCCCCCCCCCC)COP(=O)(O)OC[C@@H](O)COP(=O)(O)OC[C@@H](COC(=O)CCCCCCCCC)OC(=O)CCCCCCCCCCCCCCCCCCC(C)C. The lowest BCUT2D eigenvalue weighted by atomic mass is 10.0. The van der Waals surface area contributed by atoms with Gasteiger partial charge in [0.1, 0.15) is 19.3 Å². The maximum atomic E-state index is 13.2. The molecule has 0 radical (unpaired) electrons. The Balaban J connectivity index is 5.14. The minimum Gasteiger partial charge on any atom is -0.462 e. The average Bonchev–Trinajstić information content (AvgIpc) is 0.900. The van der Waals surface area contributed by atoms with Gasteiger partial charge in [-0.25, -0.2) is 9.13 Å². The van der Waals surface area contributed by atoms with Gasteiger partial charge in [-0.3, -0.25) is 37.3 Å². The fraction of sp³-hybridized carbons (Fsp3) is 0.956. The van der Waals surface area contributed by atoms with E-state index in [0.29, 0.717) is 25.7 Å². The van der Waals surface area contributed by atoms with Gasteiger partial charge in [0.25, 0.3) is 0 Å². The van der Waals surface area contributed by atoms with Gasteiger partial charge in [0.2, 0.25) is 0 Å². The van der Waals surface area contributed by atoms with Crippen molar-refractivity contribution in [1.29, 1.82) is 0 Å². The van der Waals surface area contributed by atoms with Crippen LogP contribution in [-0.2, 0) is 65.4 Å². The van der Waals surface area contributed by atoms with E-state index in [4.69, 9.17) is 37.0 Å². The van der Waals surface area contributed by atoms with Gasteiger partial charge in [0.05, 0.1) is 26.4 Å². The van der Waals surface area contributed by atoms with E-state index in [1.54, 1.807) is 0 Å². The standard InChI is InChI=1S/C90H176O17P2/c1-6-9-12-15-18-20-22-24-26-28-30-32-34-36-38-43-47-51-55-60-65-71-76-90(95)107-86(80-101-88(93)74-69-64-59-54-50-46-42-37-35-33-31-29-27-25-23-21-19-16-13-10-7-2)82-105-109(98,99)103-78-84(91)77-102-108(96,97)104-81-85(79-100-87(92)73-68-63-57-17-14-11-8-3)106-89(94)75-70-66-61-56-52-48-44-40-39-41-45-49-53-58-62-67-72-83(4)5/h83-86,91H,6-82H2,1-5H3,(H,96,97)(H,98,99)/t84-,85+,86+/m0/s1. The predicted molar refractivity (Wildman–Crippen MR) is 451 cm³/mol. The molecule has 0 saturated carbocycles. The van der Waals surface area contributed by atoms with Gasteiger partial charge in [-0.15, -0.1) is 0 Å². The van der Waals surface area contributed by atoms with Gasteiger partial charge in [0.15, 0.2) is 12.2 Å². The quantitative estimate of drug-likeness (QED) is 0.0222. The van der Waals surface area contributed by atoms with E-state index in [1.165, 1.54) is 302 Å². The number of ether oxygens (including phenoxy) is 4. The third-order valence-electron chi connectivity index (χ3n) is 21.3. The molecular weight excluding hydrogens is 1410 g/mol. The Labute approximate surface area is 670 Å². The minimum atomic E-state index is -4.97. The summed E-state index contributed by atoms with van der Waals surface area (Å²) in [5.74, 6) is -1.29. The Hall–Kier alpha value is -1.94. The molecule has 0 heterocycles. The number of hydrogen-bond donors (Lipinski definition) is 3. The van der Waals surface area contributed by atoms with E-state index < -0.39 is 97.5 Å². The van der Waals surface area contributed by atoms with Gasteiger partial charge < -0.3 is 33.8 Å². The summed E-state index contributed by atoms with van der Waals surface area (Å²) < 4.78 is 68.9. The number of esters is 4. The van der Waals surface area contributed by atoms with Crippen LogP contribution in [0.15, 0.2) is 0 Å². The minimum absolute atomic E-state index is 0.108. The van der Waals surface area contributed by atoms with Crippen LogP contribution in [0, 0.1) is 5.92 Å². The van der Waals surface area contributed by atoms with Gasteiger partial charge in [0, 0.05) is 25.7 Å². The number of aliphatic hydroxyl groups is 1. The first-order valence-electron chi connectivity index (χ1n) is 46.6. The molecule has 0 saturated heterocycles. The fourth-order valence-electron chi connectivity index (χ4n) is 14.2. The molecule has 648 valence electrons. The first-order valence-corrected chi connectivity index (χ1v) is 49.6. The van der Waals surface area contributed by atoms with Gasteiger partial charge in [-0.05, 0) is 31.6 Å². The Morgan fingerprint density at radius 2 is 0.422 bits per heavy atom. The highest BCUT2D eigenvalue weighted by atomic mass is 31.2. The molecule has 0 aromatic heterocycles. The normalized spacial score (nSPS) is 13.7. The Morgan fingerprint density at radius 1 is 0.248 bits per heavy atom. The lowest BCUT2D eigenvalue weighted by Crippen LogP contribution is -2.30. The molecule has 2 unspecified atom stereocenters. The molecule has 0 aromatic rings. The zero-order valence-corrected chi connectivity index (χ0v) is 73.5. The molecule has 0 aliphatic heterocycles. The van der Waals surface area contributed by atoms with Crippen LogP contribution in [0.25, 0.3) is 0 Å². The van der Waals surface area contributed by atoms with Crippen LogP contribution in [0.5, 0.6) is 0 Å². The molecular formula is C90H176O17P2. The predicted octanol–water partition coefficient (Wildman–Crippen LogP) is 27.9. The average molecular weight is 1590 g/mol. The van der Waals surface area contributed by atoms with Crippen LogP contribution in [0.3, 0.4) is 0 Å². The fourth-order valence-corrected chi connectivity index (χ4v) is 15.8. The molecule has 0 aromatic carbocycles. The second-order valence-corrected chi connectivity index (χ2v) is 35.7. The number of unbranched alkanes of at least 4 members (excludes halogenated alkanes) is 62. The third kappa shape index (κ3) is 83.8. The summed E-state index contributed by atoms with van der Waals surface area (Å²) in [7, 11) is -9.93. The molecule has 0 amide bonds. The van der Waals surface area contributed by atoms with Crippen LogP contribution in [0.4, 0.5) is 0 Å². The summed E-state index contributed by atoms with van der Waals surface area (Å²) >= 11 is 0. The molecule has 0 aliphatic carbocycles. The van der Waals surface area contributed by atoms with Crippen molar-refractivity contribution in [3.05, 3.63) is 0 Å². The van der Waals surface area contributed by atoms with E-state index in [-0.39, 0.29) is 25.7 Å². The van der Waals surface area contributed by atoms with Crippen molar-refractivity contribution >= 4 is 39.5 Å². The highest BCUT2D eigenvalue weighted by Gasteiger charge is 2.31. The molecule has 5 atom stereocenters. The van der Waals surface area contributed by atoms with Crippen LogP contribution in [-0.4, -0.2) is 96.7 Å². The van der Waals surface area contributed by atoms with Gasteiger partial charge >= 0.3 is 39.5 Å². The largest absolute Gasteiger partial charge is 0.472 e. The van der Waals surface area contributed by atoms with Crippen LogP contribution >= 0.6 is 15.6 Å². The molecule has 3 N–H and O–H groups in total. The molecule has 17 nitrogen and oxygen atoms in total. The first-order chi connectivity index (χ1) is 53.0. The molecule has 0 fully saturated rings. The van der Waals surface area contributed by atoms with Crippen molar-refractivity contribution in [3.8, 4) is 0 Å². The van der Waals surface area contributed by atoms with E-state index in [9.17, 15) is 43.2 Å². The molecule has 0 rings (SSSR count). The number of carbonyl (C=O) groups excluding carboxylic acids is 4. The van der Waals surface area contributed by atoms with Crippen molar-refractivity contribution in [1.82, 2.24) is 0 Å². The zero-order valence-electron chi connectivity index (χ0n) is 71.7. The van der Waals surface area contributed by atoms with Gasteiger partial charge in [-0.1, -0.05) is 439 Å². The second-order valence-electron chi connectivity index (χ2n) is 32.8. The van der Waals surface area contributed by atoms with Crippen molar-refractivity contribution in [2.75, 3.05) is 39.6 Å². The topological polar surface area (TPSA) is 237 Å². The van der Waals surface area contributed by atoms with E-state index in [0.717, 1.165) is 109 Å². The first kappa shape index (κ1) is 107. The number of phosphoric ester groups is 2. The summed E-state index contributed by atoms with van der Waals surface area (Å²) in [6, 6.07) is 0. The van der Waals surface area contributed by atoms with Crippen LogP contribution in [0.1, 0.15) is 490 Å². The smallest absolute Gasteiger partial charge is 0.462 e. The maximum Gasteiger partial charge on any atom is 0.472 e. The highest BCUT2D eigenvalue weighted by Crippen LogP contribution is 2.45. The van der Waals surface area contributed by atoms with Crippen LogP contribution in [0.2, 0.25) is 0 Å². The monoisotopic (exact) mass is 1590 g/mol. The molecule has 0 bridgehead atoms. The Morgan fingerprint density at radius 3 is 0.624 bits per heavy atom. The summed E-state index contributed by atoms with van der Waals surface area (Å²) in [5.41, 5.74) is 0.